The number of benzene rings is 2. The number of aliphatic hydroxyl groups excluding tert-OH is 1. The molecule has 0 bridgehead atoms. The van der Waals surface area contributed by atoms with E-state index >= 15 is 0 Å². The Morgan fingerprint density at radius 3 is 2.23 bits per heavy atom. The lowest BCUT2D eigenvalue weighted by atomic mass is 9.93. The van der Waals surface area contributed by atoms with Crippen molar-refractivity contribution in [1.29, 1.82) is 0 Å². The standard InChI is InChI=1S/C25H33IO5/c1-18(2)16-31-25(28)23(14-15-27)24(13-8-19-4-9-21(26)10-5-19)30-17-20-6-11-22(29-3)12-7-20/h4-7,9-12,18,23-24,27H,8,13-17H2,1-3H3. The van der Waals surface area contributed by atoms with Crippen molar-refractivity contribution in [1.82, 2.24) is 0 Å². The van der Waals surface area contributed by atoms with Gasteiger partial charge in [-0.2, -0.15) is 0 Å². The molecule has 0 aliphatic heterocycles. The molecule has 0 aromatic heterocycles. The van der Waals surface area contributed by atoms with E-state index in [4.69, 9.17) is 14.2 Å². The van der Waals surface area contributed by atoms with Crippen molar-refractivity contribution < 1.29 is 24.1 Å². The van der Waals surface area contributed by atoms with Crippen LogP contribution in [0, 0.1) is 15.4 Å². The summed E-state index contributed by atoms with van der Waals surface area (Å²) in [5, 5.41) is 9.59. The third kappa shape index (κ3) is 9.17. The minimum absolute atomic E-state index is 0.0899. The first-order chi connectivity index (χ1) is 14.9. The molecule has 0 amide bonds. The van der Waals surface area contributed by atoms with Crippen LogP contribution in [0.1, 0.15) is 37.8 Å². The van der Waals surface area contributed by atoms with E-state index in [0.717, 1.165) is 17.7 Å². The van der Waals surface area contributed by atoms with Crippen LogP contribution in [0.4, 0.5) is 0 Å². The normalized spacial score (nSPS) is 13.1. The van der Waals surface area contributed by atoms with Crippen molar-refractivity contribution in [2.24, 2.45) is 11.8 Å². The van der Waals surface area contributed by atoms with Crippen molar-refractivity contribution in [3.63, 3.8) is 0 Å². The van der Waals surface area contributed by atoms with Gasteiger partial charge in [-0.1, -0.05) is 38.1 Å². The van der Waals surface area contributed by atoms with Gasteiger partial charge in [-0.15, -0.1) is 0 Å². The highest BCUT2D eigenvalue weighted by Crippen LogP contribution is 2.23. The van der Waals surface area contributed by atoms with Gasteiger partial charge in [0.25, 0.3) is 0 Å². The zero-order valence-electron chi connectivity index (χ0n) is 18.6. The number of esters is 1. The zero-order valence-corrected chi connectivity index (χ0v) is 20.7. The Labute approximate surface area is 199 Å². The summed E-state index contributed by atoms with van der Waals surface area (Å²) in [5.74, 6) is 0.231. The molecule has 2 atom stereocenters. The van der Waals surface area contributed by atoms with Crippen LogP contribution in [-0.2, 0) is 27.3 Å². The molecule has 1 N–H and O–H groups in total. The smallest absolute Gasteiger partial charge is 0.311 e. The quantitative estimate of drug-likeness (QED) is 0.286. The third-order valence-electron chi connectivity index (χ3n) is 5.00. The zero-order chi connectivity index (χ0) is 22.6. The molecule has 0 saturated heterocycles. The maximum absolute atomic E-state index is 12.8. The van der Waals surface area contributed by atoms with Gasteiger partial charge in [0.05, 0.1) is 32.3 Å². The maximum atomic E-state index is 12.8. The topological polar surface area (TPSA) is 65.0 Å². The van der Waals surface area contributed by atoms with E-state index in [9.17, 15) is 9.90 Å². The summed E-state index contributed by atoms with van der Waals surface area (Å²) in [6.07, 6.45) is 1.41. The Bertz CT molecular complexity index is 774. The van der Waals surface area contributed by atoms with Crippen molar-refractivity contribution in [3.8, 4) is 5.75 Å². The first-order valence-corrected chi connectivity index (χ1v) is 11.8. The molecule has 170 valence electrons. The first-order valence-electron chi connectivity index (χ1n) is 10.7. The molecule has 0 spiro atoms. The van der Waals surface area contributed by atoms with E-state index in [0.29, 0.717) is 26.1 Å². The summed E-state index contributed by atoms with van der Waals surface area (Å²) in [5.41, 5.74) is 2.19. The molecule has 0 radical (unpaired) electrons. The number of hydrogen-bond acceptors (Lipinski definition) is 5. The van der Waals surface area contributed by atoms with Gasteiger partial charge in [0.2, 0.25) is 0 Å². The van der Waals surface area contributed by atoms with Gasteiger partial charge in [-0.3, -0.25) is 4.79 Å². The van der Waals surface area contributed by atoms with Gasteiger partial charge in [-0.05, 0) is 83.2 Å². The first kappa shape index (κ1) is 25.6. The number of carbonyl (C=O) groups is 1. The number of rotatable bonds is 13. The number of ether oxygens (including phenoxy) is 3. The van der Waals surface area contributed by atoms with Crippen molar-refractivity contribution >= 4 is 28.6 Å². The molecule has 6 heteroatoms. The SMILES string of the molecule is COc1ccc(COC(CCc2ccc(I)cc2)C(CCO)C(=O)OCC(C)C)cc1. The van der Waals surface area contributed by atoms with Crippen LogP contribution < -0.4 is 4.74 Å². The Hall–Kier alpha value is -1.64. The number of hydrogen-bond donors (Lipinski definition) is 1. The Balaban J connectivity index is 2.11. The molecule has 5 nitrogen and oxygen atoms in total. The van der Waals surface area contributed by atoms with E-state index in [-0.39, 0.29) is 24.6 Å². The minimum Gasteiger partial charge on any atom is -0.497 e. The third-order valence-corrected chi connectivity index (χ3v) is 5.72. The van der Waals surface area contributed by atoms with Gasteiger partial charge in [0.1, 0.15) is 5.75 Å². The lowest BCUT2D eigenvalue weighted by Crippen LogP contribution is -2.34. The number of methoxy groups -OCH3 is 1. The fourth-order valence-corrected chi connectivity index (χ4v) is 3.60. The lowest BCUT2D eigenvalue weighted by Gasteiger charge is -2.26. The van der Waals surface area contributed by atoms with E-state index in [1.54, 1.807) is 7.11 Å². The predicted molar refractivity (Wildman–Crippen MR) is 130 cm³/mol. The van der Waals surface area contributed by atoms with E-state index in [2.05, 4.69) is 46.9 Å². The largest absolute Gasteiger partial charge is 0.497 e. The molecule has 0 saturated carbocycles. The fourth-order valence-electron chi connectivity index (χ4n) is 3.24. The van der Waals surface area contributed by atoms with Crippen LogP contribution in [0.3, 0.4) is 0 Å². The van der Waals surface area contributed by atoms with E-state index < -0.39 is 5.92 Å². The van der Waals surface area contributed by atoms with E-state index in [1.807, 2.05) is 38.1 Å². The Morgan fingerprint density at radius 2 is 1.65 bits per heavy atom. The molecule has 2 unspecified atom stereocenters. The summed E-state index contributed by atoms with van der Waals surface area (Å²) in [6, 6.07) is 16.0. The molecule has 2 aromatic rings. The molecular weight excluding hydrogens is 507 g/mol. The summed E-state index contributed by atoms with van der Waals surface area (Å²) >= 11 is 2.29. The summed E-state index contributed by atoms with van der Waals surface area (Å²) in [7, 11) is 1.63. The minimum atomic E-state index is -0.508. The molecule has 0 heterocycles. The number of aryl methyl sites for hydroxylation is 1. The highest BCUT2D eigenvalue weighted by molar-refractivity contribution is 14.1. The van der Waals surface area contributed by atoms with Crippen molar-refractivity contribution in [2.45, 2.75) is 45.8 Å². The van der Waals surface area contributed by atoms with Gasteiger partial charge in [0, 0.05) is 10.2 Å². The van der Waals surface area contributed by atoms with Crippen LogP contribution in [-0.4, -0.2) is 37.5 Å². The van der Waals surface area contributed by atoms with Crippen LogP contribution in [0.25, 0.3) is 0 Å². The fraction of sp³-hybridized carbons (Fsp3) is 0.480. The number of halogens is 1. The Kier molecular flexibility index (Phi) is 11.3. The summed E-state index contributed by atoms with van der Waals surface area (Å²) in [4.78, 5) is 12.8. The maximum Gasteiger partial charge on any atom is 0.311 e. The molecule has 0 aliphatic carbocycles. The summed E-state index contributed by atoms with van der Waals surface area (Å²) < 4.78 is 18.1. The van der Waals surface area contributed by atoms with Crippen molar-refractivity contribution in [2.75, 3.05) is 20.3 Å². The van der Waals surface area contributed by atoms with Gasteiger partial charge in [0.15, 0.2) is 0 Å². The second kappa shape index (κ2) is 13.7. The molecule has 2 aromatic carbocycles. The molecule has 31 heavy (non-hydrogen) atoms. The van der Waals surface area contributed by atoms with Gasteiger partial charge in [-0.25, -0.2) is 0 Å². The van der Waals surface area contributed by atoms with Crippen LogP contribution in [0.5, 0.6) is 5.75 Å². The van der Waals surface area contributed by atoms with Crippen molar-refractivity contribution in [3.05, 3.63) is 63.2 Å². The van der Waals surface area contributed by atoms with Crippen LogP contribution >= 0.6 is 22.6 Å². The second-order valence-electron chi connectivity index (χ2n) is 8.01. The summed E-state index contributed by atoms with van der Waals surface area (Å²) in [6.45, 7) is 4.66. The highest BCUT2D eigenvalue weighted by Gasteiger charge is 2.30. The Morgan fingerprint density at radius 1 is 1.00 bits per heavy atom. The van der Waals surface area contributed by atoms with Gasteiger partial charge < -0.3 is 19.3 Å². The predicted octanol–water partition coefficient (Wildman–Crippen LogP) is 5.02. The number of aliphatic hydroxyl groups is 1. The highest BCUT2D eigenvalue weighted by atomic mass is 127. The molecule has 0 aliphatic rings. The number of carbonyl (C=O) groups excluding carboxylic acids is 1. The van der Waals surface area contributed by atoms with E-state index in [1.165, 1.54) is 9.13 Å². The molecule has 2 rings (SSSR count). The average molecular weight is 540 g/mol. The second-order valence-corrected chi connectivity index (χ2v) is 9.25. The molecule has 0 fully saturated rings. The van der Waals surface area contributed by atoms with Crippen LogP contribution in [0.15, 0.2) is 48.5 Å². The van der Waals surface area contributed by atoms with Gasteiger partial charge >= 0.3 is 5.97 Å². The van der Waals surface area contributed by atoms with Crippen LogP contribution in [0.2, 0.25) is 0 Å². The average Bonchev–Trinajstić information content (AvgIpc) is 2.77. The molecular formula is C25H33IO5. The monoisotopic (exact) mass is 540 g/mol. The lowest BCUT2D eigenvalue weighted by molar-refractivity contribution is -0.157.